The minimum atomic E-state index is 0.522. The molecule has 0 spiro atoms. The Hall–Kier alpha value is -0.610. The summed E-state index contributed by atoms with van der Waals surface area (Å²) in [5.74, 6) is 1.79. The van der Waals surface area contributed by atoms with Crippen molar-refractivity contribution < 1.29 is 0 Å². The predicted octanol–water partition coefficient (Wildman–Crippen LogP) is 1.89. The van der Waals surface area contributed by atoms with Crippen molar-refractivity contribution in [1.82, 2.24) is 19.7 Å². The summed E-state index contributed by atoms with van der Waals surface area (Å²) in [7, 11) is 0. The summed E-state index contributed by atoms with van der Waals surface area (Å²) < 4.78 is 2.00. The minimum absolute atomic E-state index is 0.522. The second-order valence-electron chi connectivity index (χ2n) is 4.32. The molecule has 0 radical (unpaired) electrons. The van der Waals surface area contributed by atoms with Crippen molar-refractivity contribution >= 4 is 11.6 Å². The van der Waals surface area contributed by atoms with Crippen LogP contribution in [0.4, 0.5) is 0 Å². The van der Waals surface area contributed by atoms with Crippen LogP contribution in [-0.4, -0.2) is 38.1 Å². The second kappa shape index (κ2) is 5.64. The Balaban J connectivity index is 1.99. The highest BCUT2D eigenvalue weighted by molar-refractivity contribution is 6.18. The van der Waals surface area contributed by atoms with Gasteiger partial charge in [-0.2, -0.15) is 5.10 Å². The van der Waals surface area contributed by atoms with E-state index in [1.807, 2.05) is 4.68 Å². The van der Waals surface area contributed by atoms with Crippen LogP contribution in [0.3, 0.4) is 0 Å². The summed E-state index contributed by atoms with van der Waals surface area (Å²) in [6.07, 6.45) is 5.21. The fourth-order valence-electron chi connectivity index (χ4n) is 2.27. The van der Waals surface area contributed by atoms with Gasteiger partial charge >= 0.3 is 0 Å². The van der Waals surface area contributed by atoms with Gasteiger partial charge in [0.25, 0.3) is 0 Å². The van der Waals surface area contributed by atoms with Crippen LogP contribution in [0.5, 0.6) is 0 Å². The van der Waals surface area contributed by atoms with E-state index < -0.39 is 0 Å². The Kier molecular flexibility index (Phi) is 4.18. The number of likely N-dealkylation sites (tertiary alicyclic amines) is 1. The lowest BCUT2D eigenvalue weighted by Gasteiger charge is -2.21. The van der Waals surface area contributed by atoms with Gasteiger partial charge in [-0.3, -0.25) is 4.90 Å². The van der Waals surface area contributed by atoms with E-state index in [4.69, 9.17) is 11.6 Å². The molecule has 1 saturated heterocycles. The second-order valence-corrected chi connectivity index (χ2v) is 4.63. The number of aromatic nitrogens is 3. The van der Waals surface area contributed by atoms with Gasteiger partial charge in [-0.05, 0) is 25.8 Å². The average Bonchev–Trinajstić information content (AvgIpc) is 2.89. The third kappa shape index (κ3) is 2.55. The molecule has 5 heteroatoms. The van der Waals surface area contributed by atoms with Crippen LogP contribution in [0, 0.1) is 0 Å². The molecule has 16 heavy (non-hydrogen) atoms. The van der Waals surface area contributed by atoms with Crippen LogP contribution in [0.25, 0.3) is 0 Å². The molecule has 0 aliphatic carbocycles. The Morgan fingerprint density at radius 3 is 3.19 bits per heavy atom. The third-order valence-corrected chi connectivity index (χ3v) is 3.51. The lowest BCUT2D eigenvalue weighted by atomic mass is 10.2. The van der Waals surface area contributed by atoms with E-state index in [-0.39, 0.29) is 0 Å². The molecule has 0 aromatic carbocycles. The Morgan fingerprint density at radius 2 is 2.44 bits per heavy atom. The Morgan fingerprint density at radius 1 is 1.56 bits per heavy atom. The predicted molar refractivity (Wildman–Crippen MR) is 64.5 cm³/mol. The standard InChI is InChI=1S/C11H19ClN4/c1-2-5-16-11(13-9-14-16)8-15-6-3-4-10(15)7-12/h9-10H,2-8H2,1H3. The number of nitrogens with zero attached hydrogens (tertiary/aromatic N) is 4. The summed E-state index contributed by atoms with van der Waals surface area (Å²) in [5.41, 5.74) is 0. The van der Waals surface area contributed by atoms with Gasteiger partial charge in [0.1, 0.15) is 12.2 Å². The topological polar surface area (TPSA) is 34.0 Å². The summed E-state index contributed by atoms with van der Waals surface area (Å²) in [5, 5.41) is 4.24. The smallest absolute Gasteiger partial charge is 0.141 e. The number of hydrogen-bond acceptors (Lipinski definition) is 3. The van der Waals surface area contributed by atoms with Crippen LogP contribution in [0.15, 0.2) is 6.33 Å². The zero-order valence-corrected chi connectivity index (χ0v) is 10.5. The van der Waals surface area contributed by atoms with E-state index in [1.165, 1.54) is 12.8 Å². The van der Waals surface area contributed by atoms with E-state index in [2.05, 4.69) is 21.9 Å². The average molecular weight is 243 g/mol. The van der Waals surface area contributed by atoms with Crippen molar-refractivity contribution in [3.63, 3.8) is 0 Å². The van der Waals surface area contributed by atoms with Crippen molar-refractivity contribution in [2.75, 3.05) is 12.4 Å². The molecule has 0 N–H and O–H groups in total. The molecule has 90 valence electrons. The molecule has 1 fully saturated rings. The number of aryl methyl sites for hydroxylation is 1. The molecule has 0 bridgehead atoms. The summed E-state index contributed by atoms with van der Waals surface area (Å²) in [4.78, 5) is 6.75. The van der Waals surface area contributed by atoms with Crippen LogP contribution in [-0.2, 0) is 13.1 Å². The van der Waals surface area contributed by atoms with E-state index in [0.717, 1.165) is 37.8 Å². The van der Waals surface area contributed by atoms with Gasteiger partial charge in [0, 0.05) is 18.5 Å². The van der Waals surface area contributed by atoms with Crippen molar-refractivity contribution in [1.29, 1.82) is 0 Å². The molecule has 1 atom stereocenters. The first-order valence-corrected chi connectivity index (χ1v) is 6.55. The maximum Gasteiger partial charge on any atom is 0.141 e. The third-order valence-electron chi connectivity index (χ3n) is 3.15. The SMILES string of the molecule is CCCn1ncnc1CN1CCCC1CCl. The highest BCUT2D eigenvalue weighted by Gasteiger charge is 2.24. The monoisotopic (exact) mass is 242 g/mol. The van der Waals surface area contributed by atoms with Gasteiger partial charge in [0.15, 0.2) is 0 Å². The minimum Gasteiger partial charge on any atom is -0.292 e. The first kappa shape index (κ1) is 11.9. The van der Waals surface area contributed by atoms with Crippen molar-refractivity contribution in [3.8, 4) is 0 Å². The lowest BCUT2D eigenvalue weighted by molar-refractivity contribution is 0.250. The van der Waals surface area contributed by atoms with E-state index in [1.54, 1.807) is 6.33 Å². The van der Waals surface area contributed by atoms with Gasteiger partial charge in [0.2, 0.25) is 0 Å². The van der Waals surface area contributed by atoms with Crippen molar-refractivity contribution in [2.45, 2.75) is 45.3 Å². The maximum atomic E-state index is 5.96. The molecule has 1 aliphatic rings. The number of rotatable bonds is 5. The first-order chi connectivity index (χ1) is 7.85. The van der Waals surface area contributed by atoms with Crippen LogP contribution in [0.2, 0.25) is 0 Å². The molecule has 4 nitrogen and oxygen atoms in total. The Labute approximate surface area is 102 Å². The molecule has 2 rings (SSSR count). The first-order valence-electron chi connectivity index (χ1n) is 6.01. The zero-order chi connectivity index (χ0) is 11.4. The fraction of sp³-hybridized carbons (Fsp3) is 0.818. The fourth-order valence-corrected chi connectivity index (χ4v) is 2.62. The molecule has 1 aliphatic heterocycles. The van der Waals surface area contributed by atoms with Gasteiger partial charge in [-0.1, -0.05) is 6.92 Å². The van der Waals surface area contributed by atoms with Crippen LogP contribution >= 0.6 is 11.6 Å². The number of halogens is 1. The van der Waals surface area contributed by atoms with Crippen LogP contribution < -0.4 is 0 Å². The van der Waals surface area contributed by atoms with Gasteiger partial charge in [-0.25, -0.2) is 9.67 Å². The quantitative estimate of drug-likeness (QED) is 0.740. The molecule has 1 aromatic rings. The molecular formula is C11H19ClN4. The normalized spacial score (nSPS) is 21.8. The molecule has 0 saturated carbocycles. The van der Waals surface area contributed by atoms with Gasteiger partial charge < -0.3 is 0 Å². The molecule has 1 unspecified atom stereocenters. The summed E-state index contributed by atoms with van der Waals surface area (Å²) in [6.45, 7) is 5.13. The largest absolute Gasteiger partial charge is 0.292 e. The van der Waals surface area contributed by atoms with E-state index in [0.29, 0.717) is 6.04 Å². The van der Waals surface area contributed by atoms with Gasteiger partial charge in [0.05, 0.1) is 6.54 Å². The maximum absolute atomic E-state index is 5.96. The number of alkyl halides is 1. The lowest BCUT2D eigenvalue weighted by Crippen LogP contribution is -2.31. The number of hydrogen-bond donors (Lipinski definition) is 0. The summed E-state index contributed by atoms with van der Waals surface area (Å²) >= 11 is 5.96. The molecule has 0 amide bonds. The van der Waals surface area contributed by atoms with Gasteiger partial charge in [-0.15, -0.1) is 11.6 Å². The highest BCUT2D eigenvalue weighted by Crippen LogP contribution is 2.20. The van der Waals surface area contributed by atoms with E-state index >= 15 is 0 Å². The molecular weight excluding hydrogens is 224 g/mol. The van der Waals surface area contributed by atoms with Crippen LogP contribution in [0.1, 0.15) is 32.0 Å². The summed E-state index contributed by atoms with van der Waals surface area (Å²) in [6, 6.07) is 0.522. The highest BCUT2D eigenvalue weighted by atomic mass is 35.5. The molecule has 1 aromatic heterocycles. The van der Waals surface area contributed by atoms with Crippen molar-refractivity contribution in [2.24, 2.45) is 0 Å². The molecule has 2 heterocycles. The zero-order valence-electron chi connectivity index (χ0n) is 9.77. The van der Waals surface area contributed by atoms with E-state index in [9.17, 15) is 0 Å². The van der Waals surface area contributed by atoms with Crippen molar-refractivity contribution in [3.05, 3.63) is 12.2 Å². The Bertz CT molecular complexity index is 326.